The van der Waals surface area contributed by atoms with Gasteiger partial charge in [-0.05, 0) is 42.8 Å². The lowest BCUT2D eigenvalue weighted by atomic mass is 10.1. The number of hydrogen-bond acceptors (Lipinski definition) is 8. The SMILES string of the molecule is CCOC(=O)C1=C(O)/C(=C/c2cc(OC)c(O)c(OC)c2)SC1=NC(=O)c1ccccc1Cl. The van der Waals surface area contributed by atoms with Gasteiger partial charge in [-0.1, -0.05) is 35.5 Å². The van der Waals surface area contributed by atoms with Crippen LogP contribution in [0.4, 0.5) is 0 Å². The van der Waals surface area contributed by atoms with Crippen molar-refractivity contribution in [3.63, 3.8) is 0 Å². The van der Waals surface area contributed by atoms with Crippen molar-refractivity contribution in [1.82, 2.24) is 0 Å². The second-order valence-corrected chi connectivity index (χ2v) is 7.97. The van der Waals surface area contributed by atoms with Crippen LogP contribution in [0.25, 0.3) is 6.08 Å². The molecule has 0 fully saturated rings. The van der Waals surface area contributed by atoms with Crippen LogP contribution in [-0.2, 0) is 9.53 Å². The van der Waals surface area contributed by atoms with Crippen molar-refractivity contribution in [3.8, 4) is 17.2 Å². The number of phenols is 1. The molecule has 0 bridgehead atoms. The van der Waals surface area contributed by atoms with Crippen molar-refractivity contribution in [1.29, 1.82) is 0 Å². The summed E-state index contributed by atoms with van der Waals surface area (Å²) in [7, 11) is 2.77. The van der Waals surface area contributed by atoms with Crippen LogP contribution in [-0.4, -0.2) is 48.0 Å². The Bertz CT molecular complexity index is 1180. The first-order chi connectivity index (χ1) is 15.8. The van der Waals surface area contributed by atoms with E-state index in [2.05, 4.69) is 4.99 Å². The molecule has 8 nitrogen and oxygen atoms in total. The van der Waals surface area contributed by atoms with E-state index in [0.717, 1.165) is 11.8 Å². The van der Waals surface area contributed by atoms with E-state index in [-0.39, 0.29) is 50.0 Å². The van der Waals surface area contributed by atoms with Crippen LogP contribution in [0.15, 0.2) is 57.6 Å². The fraction of sp³-hybridized carbons (Fsp3) is 0.174. The number of carbonyl (C=O) groups is 2. The van der Waals surface area contributed by atoms with E-state index in [1.165, 1.54) is 38.5 Å². The number of thioether (sulfide) groups is 1. The Hall–Kier alpha value is -3.43. The minimum atomic E-state index is -0.822. The van der Waals surface area contributed by atoms with E-state index in [4.69, 9.17) is 25.8 Å². The number of aliphatic hydroxyl groups is 1. The van der Waals surface area contributed by atoms with Gasteiger partial charge in [-0.15, -0.1) is 0 Å². The Morgan fingerprint density at radius 3 is 2.33 bits per heavy atom. The Morgan fingerprint density at radius 1 is 1.12 bits per heavy atom. The molecule has 0 saturated carbocycles. The Kier molecular flexibility index (Phi) is 7.67. The van der Waals surface area contributed by atoms with E-state index in [1.807, 2.05) is 0 Å². The molecule has 0 unspecified atom stereocenters. The summed E-state index contributed by atoms with van der Waals surface area (Å²) in [5.74, 6) is -1.76. The number of rotatable bonds is 6. The highest BCUT2D eigenvalue weighted by molar-refractivity contribution is 8.18. The van der Waals surface area contributed by atoms with Crippen molar-refractivity contribution in [2.45, 2.75) is 6.92 Å². The number of aliphatic imine (C=N–C) groups is 1. The smallest absolute Gasteiger partial charge is 0.344 e. The van der Waals surface area contributed by atoms with Gasteiger partial charge in [-0.3, -0.25) is 4.79 Å². The molecule has 1 aliphatic rings. The van der Waals surface area contributed by atoms with Gasteiger partial charge in [0, 0.05) is 0 Å². The molecule has 2 aromatic rings. The molecule has 10 heteroatoms. The zero-order chi connectivity index (χ0) is 24.1. The minimum absolute atomic E-state index is 0.0279. The number of halogens is 1. The first kappa shape index (κ1) is 24.2. The molecule has 172 valence electrons. The van der Waals surface area contributed by atoms with Crippen LogP contribution in [0.3, 0.4) is 0 Å². The van der Waals surface area contributed by atoms with Crippen molar-refractivity contribution in [2.75, 3.05) is 20.8 Å². The lowest BCUT2D eigenvalue weighted by Crippen LogP contribution is -2.14. The molecule has 3 rings (SSSR count). The first-order valence-corrected chi connectivity index (χ1v) is 10.8. The molecule has 0 aliphatic carbocycles. The van der Waals surface area contributed by atoms with Gasteiger partial charge in [0.05, 0.1) is 36.3 Å². The van der Waals surface area contributed by atoms with Crippen molar-refractivity contribution in [3.05, 3.63) is 68.8 Å². The van der Waals surface area contributed by atoms with Gasteiger partial charge in [0.25, 0.3) is 5.91 Å². The third kappa shape index (κ3) is 5.15. The monoisotopic (exact) mass is 489 g/mol. The van der Waals surface area contributed by atoms with E-state index in [9.17, 15) is 19.8 Å². The number of hydrogen-bond donors (Lipinski definition) is 2. The van der Waals surface area contributed by atoms with Crippen molar-refractivity contribution >= 4 is 46.4 Å². The molecule has 1 heterocycles. The maximum atomic E-state index is 12.7. The Morgan fingerprint density at radius 2 is 1.76 bits per heavy atom. The van der Waals surface area contributed by atoms with Crippen LogP contribution >= 0.6 is 23.4 Å². The van der Waals surface area contributed by atoms with Gasteiger partial charge in [0.15, 0.2) is 11.5 Å². The fourth-order valence-electron chi connectivity index (χ4n) is 2.93. The predicted octanol–water partition coefficient (Wildman–Crippen LogP) is 4.76. The number of nitrogens with zero attached hydrogens (tertiary/aromatic N) is 1. The number of amides is 1. The quantitative estimate of drug-likeness (QED) is 0.558. The molecule has 0 radical (unpaired) electrons. The van der Waals surface area contributed by atoms with Crippen LogP contribution in [0.2, 0.25) is 5.02 Å². The van der Waals surface area contributed by atoms with Crippen LogP contribution < -0.4 is 9.47 Å². The second kappa shape index (κ2) is 10.5. The lowest BCUT2D eigenvalue weighted by Gasteiger charge is -2.10. The molecule has 33 heavy (non-hydrogen) atoms. The van der Waals surface area contributed by atoms with E-state index < -0.39 is 17.6 Å². The molecular weight excluding hydrogens is 470 g/mol. The zero-order valence-electron chi connectivity index (χ0n) is 17.9. The van der Waals surface area contributed by atoms with Gasteiger partial charge in [0.1, 0.15) is 16.4 Å². The summed E-state index contributed by atoms with van der Waals surface area (Å²) in [5, 5.41) is 21.1. The fourth-order valence-corrected chi connectivity index (χ4v) is 4.16. The molecule has 0 saturated heterocycles. The van der Waals surface area contributed by atoms with E-state index in [0.29, 0.717) is 5.56 Å². The first-order valence-electron chi connectivity index (χ1n) is 9.63. The van der Waals surface area contributed by atoms with Gasteiger partial charge in [0.2, 0.25) is 5.75 Å². The molecule has 1 amide bonds. The van der Waals surface area contributed by atoms with Crippen molar-refractivity contribution < 1.29 is 34.0 Å². The third-order valence-corrected chi connectivity index (χ3v) is 5.83. The highest BCUT2D eigenvalue weighted by Crippen LogP contribution is 2.42. The van der Waals surface area contributed by atoms with Crippen molar-refractivity contribution in [2.24, 2.45) is 4.99 Å². The lowest BCUT2D eigenvalue weighted by molar-refractivity contribution is -0.138. The summed E-state index contributed by atoms with van der Waals surface area (Å²) in [5.41, 5.74) is 0.420. The number of carbonyl (C=O) groups excluding carboxylic acids is 2. The largest absolute Gasteiger partial charge is 0.506 e. The Balaban J connectivity index is 2.08. The predicted molar refractivity (Wildman–Crippen MR) is 126 cm³/mol. The second-order valence-electron chi connectivity index (χ2n) is 6.53. The number of aromatic hydroxyl groups is 1. The number of phenolic OH excluding ortho intramolecular Hbond substituents is 1. The molecule has 0 spiro atoms. The number of esters is 1. The van der Waals surface area contributed by atoms with Gasteiger partial charge in [-0.25, -0.2) is 9.79 Å². The van der Waals surface area contributed by atoms with E-state index >= 15 is 0 Å². The standard InChI is InChI=1S/C23H20ClNO7S/c1-4-32-23(29)18-20(27)17(11-12-9-15(30-2)19(26)16(10-12)31-3)33-22(18)25-21(28)13-7-5-6-8-14(13)24/h5-11,26-27H,4H2,1-3H3/b17-11-,25-22?. The molecular formula is C23H20ClNO7S. The highest BCUT2D eigenvalue weighted by Gasteiger charge is 2.34. The molecule has 0 aromatic heterocycles. The number of ether oxygens (including phenoxy) is 3. The maximum absolute atomic E-state index is 12.7. The third-order valence-electron chi connectivity index (χ3n) is 4.48. The summed E-state index contributed by atoms with van der Waals surface area (Å²) in [6, 6.07) is 9.41. The van der Waals surface area contributed by atoms with Gasteiger partial charge >= 0.3 is 5.97 Å². The summed E-state index contributed by atoms with van der Waals surface area (Å²) < 4.78 is 15.3. The summed E-state index contributed by atoms with van der Waals surface area (Å²) in [4.78, 5) is 29.5. The van der Waals surface area contributed by atoms with E-state index in [1.54, 1.807) is 25.1 Å². The summed E-state index contributed by atoms with van der Waals surface area (Å²) in [6.45, 7) is 1.69. The highest BCUT2D eigenvalue weighted by atomic mass is 35.5. The minimum Gasteiger partial charge on any atom is -0.506 e. The number of methoxy groups -OCH3 is 2. The normalized spacial score (nSPS) is 15.8. The topological polar surface area (TPSA) is 115 Å². The van der Waals surface area contributed by atoms with Crippen LogP contribution in [0.1, 0.15) is 22.8 Å². The molecule has 0 atom stereocenters. The number of aliphatic hydroxyl groups excluding tert-OH is 1. The van der Waals surface area contributed by atoms with Gasteiger partial charge < -0.3 is 24.4 Å². The summed E-state index contributed by atoms with van der Waals surface area (Å²) in [6.07, 6.45) is 1.53. The van der Waals surface area contributed by atoms with Crippen LogP contribution in [0, 0.1) is 0 Å². The number of benzene rings is 2. The van der Waals surface area contributed by atoms with Gasteiger partial charge in [-0.2, -0.15) is 0 Å². The summed E-state index contributed by atoms with van der Waals surface area (Å²) >= 11 is 7.00. The Labute approximate surface area is 199 Å². The maximum Gasteiger partial charge on any atom is 0.344 e. The van der Waals surface area contributed by atoms with Crippen LogP contribution in [0.5, 0.6) is 17.2 Å². The average Bonchev–Trinajstić information content (AvgIpc) is 3.09. The zero-order valence-corrected chi connectivity index (χ0v) is 19.5. The molecule has 2 aromatic carbocycles. The molecule has 2 N–H and O–H groups in total. The molecule has 1 aliphatic heterocycles. The average molecular weight is 490 g/mol.